The molecule has 0 aliphatic carbocycles. The molecule has 0 spiro atoms. The summed E-state index contributed by atoms with van der Waals surface area (Å²) < 4.78 is 5.74. The lowest BCUT2D eigenvalue weighted by atomic mass is 10.1. The van der Waals surface area contributed by atoms with E-state index in [1.807, 2.05) is 12.1 Å². The first kappa shape index (κ1) is 15.6. The van der Waals surface area contributed by atoms with E-state index in [0.29, 0.717) is 5.92 Å². The second-order valence-electron chi connectivity index (χ2n) is 5.99. The number of nitrogens with one attached hydrogen (secondary N) is 1. The molecule has 0 aromatic heterocycles. The Morgan fingerprint density at radius 1 is 1.40 bits per heavy atom. The molecule has 1 aromatic carbocycles. The second kappa shape index (κ2) is 7.30. The van der Waals surface area contributed by atoms with Gasteiger partial charge in [0.15, 0.2) is 0 Å². The molecule has 0 amide bonds. The smallest absolute Gasteiger partial charge is 0.127 e. The molecule has 0 fully saturated rings. The molecule has 1 heterocycles. The largest absolute Gasteiger partial charge is 0.493 e. The molecule has 0 bridgehead atoms. The number of halogens is 1. The Morgan fingerprint density at radius 2 is 2.20 bits per heavy atom. The summed E-state index contributed by atoms with van der Waals surface area (Å²) in [6.45, 7) is 9.22. The van der Waals surface area contributed by atoms with Gasteiger partial charge in [-0.15, -0.1) is 0 Å². The summed E-state index contributed by atoms with van der Waals surface area (Å²) in [6.07, 6.45) is 0.975. The van der Waals surface area contributed by atoms with E-state index in [0.717, 1.165) is 50.0 Å². The van der Waals surface area contributed by atoms with Crippen LogP contribution in [-0.4, -0.2) is 38.2 Å². The summed E-state index contributed by atoms with van der Waals surface area (Å²) in [5, 5.41) is 4.28. The minimum Gasteiger partial charge on any atom is -0.493 e. The molecule has 1 aromatic rings. The Kier molecular flexibility index (Phi) is 5.70. The summed E-state index contributed by atoms with van der Waals surface area (Å²) in [5.74, 6) is 1.75. The first-order chi connectivity index (χ1) is 9.56. The highest BCUT2D eigenvalue weighted by Crippen LogP contribution is 2.33. The van der Waals surface area contributed by atoms with E-state index >= 15 is 0 Å². The highest BCUT2D eigenvalue weighted by Gasteiger charge is 2.18. The van der Waals surface area contributed by atoms with Crippen molar-refractivity contribution >= 4 is 11.6 Å². The number of hydrogen-bond acceptors (Lipinski definition) is 3. The van der Waals surface area contributed by atoms with E-state index in [9.17, 15) is 0 Å². The van der Waals surface area contributed by atoms with Gasteiger partial charge in [-0.3, -0.25) is 0 Å². The molecule has 1 N–H and O–H groups in total. The minimum absolute atomic E-state index is 0.699. The Bertz CT molecular complexity index is 448. The number of hydrogen-bond donors (Lipinski definition) is 1. The van der Waals surface area contributed by atoms with Crippen molar-refractivity contribution in [2.45, 2.75) is 26.8 Å². The molecule has 1 aliphatic rings. The standard InChI is InChI=1S/C16H25ClN2O/c1-12(2)10-18-5-6-19(3)11-14-9-15(17)8-13-4-7-20-16(13)14/h8-9,12,18H,4-7,10-11H2,1-3H3. The summed E-state index contributed by atoms with van der Waals surface area (Å²) >= 11 is 6.19. The van der Waals surface area contributed by atoms with Gasteiger partial charge in [0.2, 0.25) is 0 Å². The number of ether oxygens (including phenoxy) is 1. The number of benzene rings is 1. The van der Waals surface area contributed by atoms with Crippen molar-refractivity contribution in [2.75, 3.05) is 33.3 Å². The number of likely N-dealkylation sites (N-methyl/N-ethyl adjacent to an activating group) is 1. The Labute approximate surface area is 127 Å². The average molecular weight is 297 g/mol. The summed E-state index contributed by atoms with van der Waals surface area (Å²) in [7, 11) is 2.14. The van der Waals surface area contributed by atoms with Crippen molar-refractivity contribution in [3.05, 3.63) is 28.3 Å². The van der Waals surface area contributed by atoms with Crippen LogP contribution in [0.1, 0.15) is 25.0 Å². The van der Waals surface area contributed by atoms with Gasteiger partial charge in [0.25, 0.3) is 0 Å². The van der Waals surface area contributed by atoms with Gasteiger partial charge in [-0.1, -0.05) is 25.4 Å². The van der Waals surface area contributed by atoms with Crippen molar-refractivity contribution in [3.8, 4) is 5.75 Å². The molecular formula is C16H25ClN2O. The topological polar surface area (TPSA) is 24.5 Å². The van der Waals surface area contributed by atoms with Crippen molar-refractivity contribution in [1.29, 1.82) is 0 Å². The van der Waals surface area contributed by atoms with Gasteiger partial charge in [-0.2, -0.15) is 0 Å². The number of rotatable bonds is 7. The maximum atomic E-state index is 6.19. The number of nitrogens with zero attached hydrogens (tertiary/aromatic N) is 1. The molecule has 2 rings (SSSR count). The molecule has 3 nitrogen and oxygen atoms in total. The molecule has 0 unspecified atom stereocenters. The first-order valence-corrected chi connectivity index (χ1v) is 7.77. The zero-order valence-electron chi connectivity index (χ0n) is 12.7. The Balaban J connectivity index is 1.87. The van der Waals surface area contributed by atoms with Crippen molar-refractivity contribution in [1.82, 2.24) is 10.2 Å². The molecule has 0 saturated heterocycles. The number of fused-ring (bicyclic) bond motifs is 1. The van der Waals surface area contributed by atoms with Crippen LogP contribution in [-0.2, 0) is 13.0 Å². The molecule has 1 aliphatic heterocycles. The van der Waals surface area contributed by atoms with Gasteiger partial charge in [0.1, 0.15) is 5.75 Å². The van der Waals surface area contributed by atoms with Crippen LogP contribution in [0.5, 0.6) is 5.75 Å². The third-order valence-electron chi connectivity index (χ3n) is 3.49. The fourth-order valence-corrected chi connectivity index (χ4v) is 2.76. The fraction of sp³-hybridized carbons (Fsp3) is 0.625. The van der Waals surface area contributed by atoms with Crippen molar-refractivity contribution in [2.24, 2.45) is 5.92 Å². The normalized spacial score (nSPS) is 13.9. The molecule has 4 heteroatoms. The van der Waals surface area contributed by atoms with E-state index < -0.39 is 0 Å². The highest BCUT2D eigenvalue weighted by molar-refractivity contribution is 6.30. The predicted octanol–water partition coefficient (Wildman–Crippen LogP) is 2.95. The van der Waals surface area contributed by atoms with Gasteiger partial charge in [-0.05, 0) is 37.2 Å². The lowest BCUT2D eigenvalue weighted by Gasteiger charge is -2.19. The van der Waals surface area contributed by atoms with Crippen LogP contribution in [0, 0.1) is 5.92 Å². The van der Waals surface area contributed by atoms with E-state index in [2.05, 4.69) is 31.1 Å². The predicted molar refractivity (Wildman–Crippen MR) is 84.7 cm³/mol. The SMILES string of the molecule is CC(C)CNCCN(C)Cc1cc(Cl)cc2c1OCC2. The first-order valence-electron chi connectivity index (χ1n) is 7.39. The maximum absolute atomic E-state index is 6.19. The highest BCUT2D eigenvalue weighted by atomic mass is 35.5. The zero-order chi connectivity index (χ0) is 14.5. The third-order valence-corrected chi connectivity index (χ3v) is 3.71. The van der Waals surface area contributed by atoms with E-state index in [-0.39, 0.29) is 0 Å². The van der Waals surface area contributed by atoms with Crippen LogP contribution in [0.4, 0.5) is 0 Å². The molecule has 20 heavy (non-hydrogen) atoms. The molecule has 112 valence electrons. The lowest BCUT2D eigenvalue weighted by molar-refractivity contribution is 0.307. The lowest BCUT2D eigenvalue weighted by Crippen LogP contribution is -2.30. The van der Waals surface area contributed by atoms with Crippen LogP contribution in [0.2, 0.25) is 5.02 Å². The summed E-state index contributed by atoms with van der Waals surface area (Å²) in [5.41, 5.74) is 2.45. The summed E-state index contributed by atoms with van der Waals surface area (Å²) in [4.78, 5) is 2.31. The summed E-state index contributed by atoms with van der Waals surface area (Å²) in [6, 6.07) is 4.06. The second-order valence-corrected chi connectivity index (χ2v) is 6.42. The average Bonchev–Trinajstić information content (AvgIpc) is 2.82. The van der Waals surface area contributed by atoms with E-state index in [1.54, 1.807) is 0 Å². The van der Waals surface area contributed by atoms with Gasteiger partial charge < -0.3 is 15.0 Å². The maximum Gasteiger partial charge on any atom is 0.127 e. The minimum atomic E-state index is 0.699. The monoisotopic (exact) mass is 296 g/mol. The molecule has 0 saturated carbocycles. The van der Waals surface area contributed by atoms with Crippen LogP contribution >= 0.6 is 11.6 Å². The molecule has 0 radical (unpaired) electrons. The Morgan fingerprint density at radius 3 is 2.95 bits per heavy atom. The zero-order valence-corrected chi connectivity index (χ0v) is 13.5. The van der Waals surface area contributed by atoms with Gasteiger partial charge in [0.05, 0.1) is 6.61 Å². The van der Waals surface area contributed by atoms with Gasteiger partial charge in [-0.25, -0.2) is 0 Å². The molecule has 0 atom stereocenters. The van der Waals surface area contributed by atoms with Crippen LogP contribution in [0.15, 0.2) is 12.1 Å². The van der Waals surface area contributed by atoms with Gasteiger partial charge in [0, 0.05) is 36.6 Å². The molecular weight excluding hydrogens is 272 g/mol. The van der Waals surface area contributed by atoms with Crippen molar-refractivity contribution < 1.29 is 4.74 Å². The van der Waals surface area contributed by atoms with E-state index in [1.165, 1.54) is 11.1 Å². The van der Waals surface area contributed by atoms with Gasteiger partial charge >= 0.3 is 0 Å². The Hall–Kier alpha value is -0.770. The van der Waals surface area contributed by atoms with Crippen LogP contribution in [0.25, 0.3) is 0 Å². The van der Waals surface area contributed by atoms with Crippen molar-refractivity contribution in [3.63, 3.8) is 0 Å². The third kappa shape index (κ3) is 4.37. The van der Waals surface area contributed by atoms with E-state index in [4.69, 9.17) is 16.3 Å². The fourth-order valence-electron chi connectivity index (χ4n) is 2.49. The quantitative estimate of drug-likeness (QED) is 0.783. The van der Waals surface area contributed by atoms with Crippen LogP contribution < -0.4 is 10.1 Å². The van der Waals surface area contributed by atoms with Crippen LogP contribution in [0.3, 0.4) is 0 Å².